The van der Waals surface area contributed by atoms with Crippen molar-refractivity contribution in [1.29, 1.82) is 0 Å². The van der Waals surface area contributed by atoms with Crippen molar-refractivity contribution in [1.82, 2.24) is 24.7 Å². The predicted octanol–water partition coefficient (Wildman–Crippen LogP) is 4.82. The van der Waals surface area contributed by atoms with E-state index in [1.165, 1.54) is 0 Å². The van der Waals surface area contributed by atoms with Crippen molar-refractivity contribution < 1.29 is 27.5 Å². The van der Waals surface area contributed by atoms with Crippen LogP contribution in [0.1, 0.15) is 59.8 Å². The maximum absolute atomic E-state index is 13.0. The molecule has 13 heteroatoms. The Morgan fingerprint density at radius 3 is 2.64 bits per heavy atom. The lowest BCUT2D eigenvalue weighted by Gasteiger charge is -2.29. The summed E-state index contributed by atoms with van der Waals surface area (Å²) in [5.74, 6) is 0.317. The number of fused-ring (bicyclic) bond motifs is 1. The van der Waals surface area contributed by atoms with Crippen molar-refractivity contribution in [2.24, 2.45) is 0 Å². The van der Waals surface area contributed by atoms with E-state index in [0.717, 1.165) is 49.8 Å². The number of halogens is 3. The third-order valence-electron chi connectivity index (χ3n) is 7.30. The lowest BCUT2D eigenvalue weighted by atomic mass is 9.85. The number of carbonyl (C=O) groups is 2. The van der Waals surface area contributed by atoms with Gasteiger partial charge in [-0.3, -0.25) is 14.0 Å². The predicted molar refractivity (Wildman–Crippen MR) is 150 cm³/mol. The summed E-state index contributed by atoms with van der Waals surface area (Å²) in [7, 11) is 1.56. The number of nitrogens with one attached hydrogen (secondary N) is 2. The topological polar surface area (TPSA) is 137 Å². The van der Waals surface area contributed by atoms with Gasteiger partial charge in [-0.25, -0.2) is 15.0 Å². The van der Waals surface area contributed by atoms with Gasteiger partial charge in [0.15, 0.2) is 0 Å². The molecule has 0 bridgehead atoms. The average molecular weight is 582 g/mol. The molecule has 4 N–H and O–H groups in total. The fraction of sp³-hybridized carbons (Fsp3) is 0.345. The van der Waals surface area contributed by atoms with Gasteiger partial charge in [-0.1, -0.05) is 18.6 Å². The van der Waals surface area contributed by atoms with Gasteiger partial charge in [0.1, 0.15) is 28.7 Å². The summed E-state index contributed by atoms with van der Waals surface area (Å²) >= 11 is 0. The first kappa shape index (κ1) is 29.0. The van der Waals surface area contributed by atoms with Crippen LogP contribution in [0.15, 0.2) is 55.0 Å². The van der Waals surface area contributed by atoms with Crippen LogP contribution in [-0.4, -0.2) is 50.9 Å². The summed E-state index contributed by atoms with van der Waals surface area (Å²) in [6, 6.07) is 8.15. The van der Waals surface area contributed by atoms with Crippen molar-refractivity contribution in [2.45, 2.75) is 50.2 Å². The molecule has 1 saturated carbocycles. The van der Waals surface area contributed by atoms with E-state index in [2.05, 4.69) is 20.6 Å². The second-order valence-electron chi connectivity index (χ2n) is 10.2. The van der Waals surface area contributed by atoms with Gasteiger partial charge in [0, 0.05) is 55.2 Å². The third kappa shape index (κ3) is 6.35. The highest BCUT2D eigenvalue weighted by molar-refractivity contribution is 6.04. The monoisotopic (exact) mass is 581 g/mol. The van der Waals surface area contributed by atoms with Gasteiger partial charge in [-0.2, -0.15) is 13.2 Å². The fourth-order valence-corrected chi connectivity index (χ4v) is 5.27. The molecule has 0 saturated heterocycles. The zero-order valence-electron chi connectivity index (χ0n) is 22.8. The molecular weight excluding hydrogens is 551 g/mol. The highest BCUT2D eigenvalue weighted by Crippen LogP contribution is 2.37. The van der Waals surface area contributed by atoms with Gasteiger partial charge < -0.3 is 21.1 Å². The van der Waals surface area contributed by atoms with Crippen molar-refractivity contribution in [2.75, 3.05) is 24.8 Å². The number of pyridine rings is 1. The number of benzene rings is 1. The minimum atomic E-state index is -4.55. The molecule has 2 atom stereocenters. The van der Waals surface area contributed by atoms with Crippen molar-refractivity contribution in [3.05, 3.63) is 71.9 Å². The normalized spacial score (nSPS) is 17.2. The Morgan fingerprint density at radius 2 is 1.90 bits per heavy atom. The number of nitrogens with two attached hydrogens (primary N) is 1. The number of alkyl halides is 3. The molecule has 0 aliphatic heterocycles. The van der Waals surface area contributed by atoms with E-state index in [9.17, 15) is 22.8 Å². The number of ether oxygens (including phenoxy) is 1. The minimum Gasteiger partial charge on any atom is -0.384 e. The molecule has 5 rings (SSSR count). The van der Waals surface area contributed by atoms with Crippen molar-refractivity contribution >= 4 is 29.0 Å². The summed E-state index contributed by atoms with van der Waals surface area (Å²) in [5, 5.41) is 5.51. The first-order valence-corrected chi connectivity index (χ1v) is 13.5. The Balaban J connectivity index is 1.37. The van der Waals surface area contributed by atoms with Crippen LogP contribution in [-0.2, 0) is 15.7 Å². The van der Waals surface area contributed by atoms with Crippen molar-refractivity contribution in [3.8, 4) is 11.3 Å². The Labute approximate surface area is 239 Å². The number of aromatic nitrogens is 4. The number of nitrogens with zero attached hydrogens (tertiary/aromatic N) is 4. The molecule has 10 nitrogen and oxygen atoms in total. The Kier molecular flexibility index (Phi) is 8.39. The standard InChI is InChI=1S/C29H30F3N7O3/c1-42-14-10-23(40)36-21-4-2-3-19(15-21)27-38-24(25-26(33)35-12-13-39(25)27)17-5-7-18(8-6-17)28(41)37-22-16-20(9-11-34-22)29(30,31)32/h5-9,11-13,16,19,21H,2-4,10,14-15H2,1H3,(H2,33,35)(H,36,40)(H,34,37,41)/t19?,21-/m1/s1. The number of nitrogen functional groups attached to an aromatic ring is 1. The van der Waals surface area contributed by atoms with E-state index in [4.69, 9.17) is 15.5 Å². The highest BCUT2D eigenvalue weighted by Gasteiger charge is 2.31. The number of hydrogen-bond acceptors (Lipinski definition) is 7. The molecule has 220 valence electrons. The van der Waals surface area contributed by atoms with Crippen LogP contribution < -0.4 is 16.4 Å². The quantitative estimate of drug-likeness (QED) is 0.271. The molecule has 3 heterocycles. The molecule has 4 aromatic rings. The molecular formula is C29H30F3N7O3. The number of carbonyl (C=O) groups excluding carboxylic acids is 2. The largest absolute Gasteiger partial charge is 0.416 e. The third-order valence-corrected chi connectivity index (χ3v) is 7.30. The Morgan fingerprint density at radius 1 is 1.12 bits per heavy atom. The van der Waals surface area contributed by atoms with Gasteiger partial charge in [0.25, 0.3) is 5.91 Å². The first-order chi connectivity index (χ1) is 20.1. The second-order valence-corrected chi connectivity index (χ2v) is 10.2. The molecule has 1 fully saturated rings. The van der Waals surface area contributed by atoms with Gasteiger partial charge in [0.05, 0.1) is 12.2 Å². The van der Waals surface area contributed by atoms with E-state index in [1.807, 2.05) is 10.6 Å². The molecule has 42 heavy (non-hydrogen) atoms. The van der Waals surface area contributed by atoms with E-state index in [1.54, 1.807) is 37.6 Å². The minimum absolute atomic E-state index is 0.0206. The van der Waals surface area contributed by atoms with E-state index < -0.39 is 17.6 Å². The fourth-order valence-electron chi connectivity index (χ4n) is 5.27. The first-order valence-electron chi connectivity index (χ1n) is 13.5. The molecule has 1 aliphatic rings. The smallest absolute Gasteiger partial charge is 0.384 e. The lowest BCUT2D eigenvalue weighted by Crippen LogP contribution is -2.38. The van der Waals surface area contributed by atoms with Crippen LogP contribution in [0.2, 0.25) is 0 Å². The molecule has 0 spiro atoms. The maximum Gasteiger partial charge on any atom is 0.416 e. The van der Waals surface area contributed by atoms with Gasteiger partial charge in [-0.05, 0) is 43.5 Å². The lowest BCUT2D eigenvalue weighted by molar-refractivity contribution is -0.137. The number of amides is 2. The SMILES string of the molecule is COCCC(=O)N[C@@H]1CCCC(c2nc(-c3ccc(C(=O)Nc4cc(C(F)(F)F)ccn4)cc3)c3c(N)nccn23)C1. The number of anilines is 2. The molecule has 1 unspecified atom stereocenters. The number of rotatable bonds is 8. The summed E-state index contributed by atoms with van der Waals surface area (Å²) in [6.07, 6.45) is 3.59. The Hall–Kier alpha value is -4.52. The van der Waals surface area contributed by atoms with Crippen molar-refractivity contribution in [3.63, 3.8) is 0 Å². The summed E-state index contributed by atoms with van der Waals surface area (Å²) in [5.41, 5.74) is 7.52. The zero-order chi connectivity index (χ0) is 29.9. The Bertz CT molecular complexity index is 1590. The summed E-state index contributed by atoms with van der Waals surface area (Å²) in [4.78, 5) is 38.1. The van der Waals surface area contributed by atoms with Gasteiger partial charge >= 0.3 is 6.18 Å². The van der Waals surface area contributed by atoms with E-state index >= 15 is 0 Å². The van der Waals surface area contributed by atoms with Crippen LogP contribution in [0.3, 0.4) is 0 Å². The number of hydrogen-bond donors (Lipinski definition) is 3. The second kappa shape index (κ2) is 12.1. The molecule has 3 aromatic heterocycles. The molecule has 2 amide bonds. The van der Waals surface area contributed by atoms with Crippen LogP contribution >= 0.6 is 0 Å². The van der Waals surface area contributed by atoms with Gasteiger partial charge in [0.2, 0.25) is 5.91 Å². The van der Waals surface area contributed by atoms with E-state index in [-0.39, 0.29) is 29.2 Å². The van der Waals surface area contributed by atoms with Crippen LogP contribution in [0.5, 0.6) is 0 Å². The molecule has 0 radical (unpaired) electrons. The maximum atomic E-state index is 13.0. The highest BCUT2D eigenvalue weighted by atomic mass is 19.4. The number of methoxy groups -OCH3 is 1. The molecule has 1 aliphatic carbocycles. The van der Waals surface area contributed by atoms with Crippen LogP contribution in [0, 0.1) is 0 Å². The summed E-state index contributed by atoms with van der Waals surface area (Å²) < 4.78 is 46.0. The number of imidazole rings is 1. The van der Waals surface area contributed by atoms with Crippen LogP contribution in [0.4, 0.5) is 24.8 Å². The van der Waals surface area contributed by atoms with Gasteiger partial charge in [-0.15, -0.1) is 0 Å². The zero-order valence-corrected chi connectivity index (χ0v) is 22.8. The van der Waals surface area contributed by atoms with E-state index in [0.29, 0.717) is 35.6 Å². The van der Waals surface area contributed by atoms with Crippen LogP contribution in [0.25, 0.3) is 16.8 Å². The average Bonchev–Trinajstić information content (AvgIpc) is 3.37. The summed E-state index contributed by atoms with van der Waals surface area (Å²) in [6.45, 7) is 0.366. The molecule has 1 aromatic carbocycles.